The minimum Gasteiger partial charge on any atom is -0.480 e. The normalized spacial score (nSPS) is 10.9. The van der Waals surface area contributed by atoms with Crippen LogP contribution in [0.5, 0.6) is 5.75 Å². The third-order valence-corrected chi connectivity index (χ3v) is 2.73. The van der Waals surface area contributed by atoms with Gasteiger partial charge in [0.1, 0.15) is 10.6 Å². The number of primary sulfonamides is 1. The molecule has 0 radical (unpaired) electrons. The molecule has 1 rings (SSSR count). The fraction of sp³-hybridized carbons (Fsp3) is 0.125. The summed E-state index contributed by atoms with van der Waals surface area (Å²) in [5.74, 6) is -1.68. The lowest BCUT2D eigenvalue weighted by atomic mass is 10.3. The molecule has 0 atom stereocenters. The summed E-state index contributed by atoms with van der Waals surface area (Å²) in [6.45, 7) is -0.791. The number of nitro benzene ring substituents is 1. The number of hydrogen-bond donors (Lipinski definition) is 2. The quantitative estimate of drug-likeness (QED) is 0.553. The van der Waals surface area contributed by atoms with Crippen LogP contribution in [-0.2, 0) is 14.8 Å². The molecule has 0 saturated carbocycles. The van der Waals surface area contributed by atoms with E-state index in [1.54, 1.807) is 0 Å². The lowest BCUT2D eigenvalue weighted by Gasteiger charge is -2.07. The zero-order valence-electron chi connectivity index (χ0n) is 8.77. The van der Waals surface area contributed by atoms with Gasteiger partial charge >= 0.3 is 5.97 Å². The van der Waals surface area contributed by atoms with Crippen LogP contribution in [0.4, 0.5) is 5.69 Å². The second kappa shape index (κ2) is 4.98. The van der Waals surface area contributed by atoms with Crippen LogP contribution < -0.4 is 9.88 Å². The number of aliphatic carboxylic acids is 1. The van der Waals surface area contributed by atoms with E-state index in [0.717, 1.165) is 12.1 Å². The first-order valence-corrected chi connectivity index (χ1v) is 5.92. The molecule has 18 heavy (non-hydrogen) atoms. The van der Waals surface area contributed by atoms with E-state index in [9.17, 15) is 23.3 Å². The molecule has 0 aliphatic rings. The van der Waals surface area contributed by atoms with Crippen molar-refractivity contribution in [3.63, 3.8) is 0 Å². The highest BCUT2D eigenvalue weighted by molar-refractivity contribution is 7.89. The molecule has 0 heterocycles. The predicted octanol–water partition coefficient (Wildman–Crippen LogP) is -0.294. The van der Waals surface area contributed by atoms with Gasteiger partial charge in [0.05, 0.1) is 4.92 Å². The Morgan fingerprint density at radius 1 is 1.50 bits per heavy atom. The van der Waals surface area contributed by atoms with Crippen LogP contribution in [0.3, 0.4) is 0 Å². The summed E-state index contributed by atoms with van der Waals surface area (Å²) in [6, 6.07) is 2.65. The summed E-state index contributed by atoms with van der Waals surface area (Å²) in [4.78, 5) is 19.3. The maximum Gasteiger partial charge on any atom is 0.341 e. The fourth-order valence-corrected chi connectivity index (χ4v) is 1.78. The van der Waals surface area contributed by atoms with Crippen molar-refractivity contribution in [1.29, 1.82) is 0 Å². The number of nitrogens with two attached hydrogens (primary N) is 1. The van der Waals surface area contributed by atoms with E-state index >= 15 is 0 Å². The number of carbonyl (C=O) groups is 1. The van der Waals surface area contributed by atoms with Crippen LogP contribution in [-0.4, -0.2) is 31.0 Å². The van der Waals surface area contributed by atoms with E-state index in [1.807, 2.05) is 0 Å². The van der Waals surface area contributed by atoms with Gasteiger partial charge in [-0.2, -0.15) is 0 Å². The van der Waals surface area contributed by atoms with Gasteiger partial charge in [0.15, 0.2) is 6.61 Å². The summed E-state index contributed by atoms with van der Waals surface area (Å²) < 4.78 is 27.1. The Balaban J connectivity index is 3.26. The van der Waals surface area contributed by atoms with Crippen molar-refractivity contribution in [3.05, 3.63) is 28.3 Å². The van der Waals surface area contributed by atoms with Gasteiger partial charge in [-0.3, -0.25) is 10.1 Å². The predicted molar refractivity (Wildman–Crippen MR) is 57.6 cm³/mol. The third-order valence-electron chi connectivity index (χ3n) is 1.80. The number of non-ortho nitro benzene ring substituents is 1. The maximum absolute atomic E-state index is 11.2. The highest BCUT2D eigenvalue weighted by atomic mass is 32.2. The monoisotopic (exact) mass is 276 g/mol. The number of nitrogens with zero attached hydrogens (tertiary/aromatic N) is 1. The number of rotatable bonds is 5. The number of carboxylic acids is 1. The number of nitro groups is 1. The van der Waals surface area contributed by atoms with Gasteiger partial charge in [-0.1, -0.05) is 0 Å². The van der Waals surface area contributed by atoms with Crippen molar-refractivity contribution in [2.45, 2.75) is 4.90 Å². The van der Waals surface area contributed by atoms with Crippen molar-refractivity contribution in [1.82, 2.24) is 0 Å². The van der Waals surface area contributed by atoms with Gasteiger partial charge in [0, 0.05) is 12.1 Å². The average Bonchev–Trinajstić information content (AvgIpc) is 2.24. The van der Waals surface area contributed by atoms with Gasteiger partial charge in [-0.05, 0) is 6.07 Å². The highest BCUT2D eigenvalue weighted by Crippen LogP contribution is 2.27. The maximum atomic E-state index is 11.2. The minimum absolute atomic E-state index is 0.356. The van der Waals surface area contributed by atoms with Gasteiger partial charge in [-0.25, -0.2) is 18.4 Å². The molecule has 0 bridgehead atoms. The first kappa shape index (κ1) is 13.9. The van der Waals surface area contributed by atoms with E-state index in [4.69, 9.17) is 10.2 Å². The second-order valence-corrected chi connectivity index (χ2v) is 4.65. The standard InChI is InChI=1S/C8H8N2O7S/c9-18(15,16)7-3-5(10(13)14)1-2-6(7)17-4-8(11)12/h1-3H,4H2,(H,11,12)(H2,9,15,16). The smallest absolute Gasteiger partial charge is 0.341 e. The molecule has 0 spiro atoms. The molecule has 1 aromatic carbocycles. The Bertz CT molecular complexity index is 595. The summed E-state index contributed by atoms with van der Waals surface area (Å²) in [6.07, 6.45) is 0. The molecule has 0 amide bonds. The van der Waals surface area contributed by atoms with Gasteiger partial charge in [0.2, 0.25) is 10.0 Å². The van der Waals surface area contributed by atoms with Gasteiger partial charge in [0.25, 0.3) is 5.69 Å². The molecule has 0 unspecified atom stereocenters. The SMILES string of the molecule is NS(=O)(=O)c1cc([N+](=O)[O-])ccc1OCC(=O)O. The Morgan fingerprint density at radius 3 is 2.56 bits per heavy atom. The van der Waals surface area contributed by atoms with Crippen molar-refractivity contribution in [2.24, 2.45) is 5.14 Å². The molecule has 1 aromatic rings. The lowest BCUT2D eigenvalue weighted by molar-refractivity contribution is -0.385. The van der Waals surface area contributed by atoms with E-state index in [0.29, 0.717) is 6.07 Å². The second-order valence-electron chi connectivity index (χ2n) is 3.12. The van der Waals surface area contributed by atoms with Crippen LogP contribution in [0.2, 0.25) is 0 Å². The largest absolute Gasteiger partial charge is 0.480 e. The molecule has 0 aromatic heterocycles. The highest BCUT2D eigenvalue weighted by Gasteiger charge is 2.20. The molecule has 0 saturated heterocycles. The number of benzene rings is 1. The minimum atomic E-state index is -4.26. The average molecular weight is 276 g/mol. The van der Waals surface area contributed by atoms with Crippen molar-refractivity contribution >= 4 is 21.7 Å². The molecule has 3 N–H and O–H groups in total. The van der Waals surface area contributed by atoms with E-state index in [1.165, 1.54) is 0 Å². The summed E-state index contributed by atoms with van der Waals surface area (Å²) in [5, 5.41) is 23.7. The van der Waals surface area contributed by atoms with Crippen LogP contribution in [0, 0.1) is 10.1 Å². The molecule has 9 nitrogen and oxygen atoms in total. The lowest BCUT2D eigenvalue weighted by Crippen LogP contribution is -2.16. The summed E-state index contributed by atoms with van der Waals surface area (Å²) >= 11 is 0. The van der Waals surface area contributed by atoms with Crippen molar-refractivity contribution in [2.75, 3.05) is 6.61 Å². The molecule has 0 aliphatic heterocycles. The van der Waals surface area contributed by atoms with Gasteiger partial charge in [-0.15, -0.1) is 0 Å². The van der Waals surface area contributed by atoms with Crippen LogP contribution >= 0.6 is 0 Å². The first-order chi connectivity index (χ1) is 8.21. The third kappa shape index (κ3) is 3.40. The topological polar surface area (TPSA) is 150 Å². The Labute approximate surface area is 101 Å². The molecular weight excluding hydrogens is 268 g/mol. The Hall–Kier alpha value is -2.20. The first-order valence-electron chi connectivity index (χ1n) is 4.37. The number of carboxylic acid groups (broad SMARTS) is 1. The summed E-state index contributed by atoms with van der Waals surface area (Å²) in [7, 11) is -4.26. The van der Waals surface area contributed by atoms with E-state index in [-0.39, 0.29) is 5.75 Å². The molecule has 0 fully saturated rings. The molecular formula is C8H8N2O7S. The summed E-state index contributed by atoms with van der Waals surface area (Å²) in [5.41, 5.74) is -0.498. The zero-order chi connectivity index (χ0) is 13.9. The Kier molecular flexibility index (Phi) is 3.83. The molecule has 0 aliphatic carbocycles. The number of ether oxygens (including phenoxy) is 1. The van der Waals surface area contributed by atoms with Crippen molar-refractivity contribution < 1.29 is 28.0 Å². The number of sulfonamides is 1. The zero-order valence-corrected chi connectivity index (χ0v) is 9.59. The van der Waals surface area contributed by atoms with Crippen molar-refractivity contribution in [3.8, 4) is 5.75 Å². The van der Waals surface area contributed by atoms with Crippen LogP contribution in [0.25, 0.3) is 0 Å². The van der Waals surface area contributed by atoms with Crippen LogP contribution in [0.1, 0.15) is 0 Å². The fourth-order valence-electron chi connectivity index (χ4n) is 1.09. The van der Waals surface area contributed by atoms with E-state index in [2.05, 4.69) is 4.74 Å². The molecule has 98 valence electrons. The number of hydrogen-bond acceptors (Lipinski definition) is 6. The van der Waals surface area contributed by atoms with E-state index < -0.39 is 38.1 Å². The van der Waals surface area contributed by atoms with Crippen LogP contribution in [0.15, 0.2) is 23.1 Å². The molecule has 10 heteroatoms. The van der Waals surface area contributed by atoms with Gasteiger partial charge < -0.3 is 9.84 Å². The Morgan fingerprint density at radius 2 is 2.11 bits per heavy atom.